The third kappa shape index (κ3) is 8.41. The van der Waals surface area contributed by atoms with Gasteiger partial charge in [-0.15, -0.1) is 0 Å². The van der Waals surface area contributed by atoms with Crippen molar-refractivity contribution < 1.29 is 9.59 Å². The van der Waals surface area contributed by atoms with Crippen LogP contribution in [-0.4, -0.2) is 43.1 Å². The summed E-state index contributed by atoms with van der Waals surface area (Å²) in [7, 11) is 2.13. The molecule has 28 heavy (non-hydrogen) atoms. The molecule has 3 rings (SSSR count). The highest BCUT2D eigenvalue weighted by atomic mass is 79.9. The first-order valence-corrected chi connectivity index (χ1v) is 10.4. The fourth-order valence-corrected chi connectivity index (χ4v) is 3.28. The predicted molar refractivity (Wildman–Crippen MR) is 122 cm³/mol. The maximum atomic E-state index is 10.3. The van der Waals surface area contributed by atoms with Crippen LogP contribution in [0.15, 0.2) is 36.4 Å². The lowest BCUT2D eigenvalue weighted by molar-refractivity contribution is 0.112. The van der Waals surface area contributed by atoms with Gasteiger partial charge in [-0.25, -0.2) is 0 Å². The van der Waals surface area contributed by atoms with Gasteiger partial charge in [-0.3, -0.25) is 14.5 Å². The number of aryl methyl sites for hydroxylation is 2. The summed E-state index contributed by atoms with van der Waals surface area (Å²) in [5.74, 6) is 0. The Morgan fingerprint density at radius 1 is 1.07 bits per heavy atom. The molecule has 1 N–H and O–H groups in total. The van der Waals surface area contributed by atoms with Gasteiger partial charge >= 0.3 is 0 Å². The molecule has 1 aliphatic rings. The third-order valence-corrected chi connectivity index (χ3v) is 4.96. The van der Waals surface area contributed by atoms with Crippen LogP contribution in [-0.2, 0) is 4.79 Å². The van der Waals surface area contributed by atoms with Crippen LogP contribution in [0.4, 0.5) is 0 Å². The summed E-state index contributed by atoms with van der Waals surface area (Å²) in [6.07, 6.45) is 0.875. The molecule has 2 aromatic carbocycles. The lowest BCUT2D eigenvalue weighted by Gasteiger charge is -2.33. The number of rotatable bonds is 2. The van der Waals surface area contributed by atoms with Crippen molar-refractivity contribution in [3.63, 3.8) is 0 Å². The Labute approximate surface area is 185 Å². The van der Waals surface area contributed by atoms with E-state index in [0.717, 1.165) is 42.6 Å². The molecular formula is C21H25BrCl2N2O2. The van der Waals surface area contributed by atoms with Gasteiger partial charge < -0.3 is 5.32 Å². The zero-order chi connectivity index (χ0) is 21.1. The van der Waals surface area contributed by atoms with E-state index in [1.165, 1.54) is 5.56 Å². The zero-order valence-electron chi connectivity index (χ0n) is 16.2. The maximum absolute atomic E-state index is 10.3. The first-order valence-electron chi connectivity index (χ1n) is 8.75. The SMILES string of the molecule is CN1CCNC[C@H]1c1ccc(Cl)c(Cl)c1.Cc1cc(C)cc(C=O)c1.O=CBr. The minimum Gasteiger partial charge on any atom is -0.314 e. The lowest BCUT2D eigenvalue weighted by Crippen LogP contribution is -2.43. The van der Waals surface area contributed by atoms with E-state index in [1.54, 1.807) is 0 Å². The van der Waals surface area contributed by atoms with Crippen LogP contribution >= 0.6 is 39.1 Å². The average molecular weight is 488 g/mol. The van der Waals surface area contributed by atoms with Crippen molar-refractivity contribution in [2.24, 2.45) is 0 Å². The molecule has 0 bridgehead atoms. The van der Waals surface area contributed by atoms with Gasteiger partial charge in [0.05, 0.1) is 10.0 Å². The molecule has 1 aliphatic heterocycles. The quantitative estimate of drug-likeness (QED) is 0.463. The number of piperazine rings is 1. The van der Waals surface area contributed by atoms with Crippen LogP contribution in [0.1, 0.15) is 33.1 Å². The van der Waals surface area contributed by atoms with E-state index < -0.39 is 0 Å². The number of likely N-dealkylation sites (N-methyl/N-ethyl adjacent to an activating group) is 1. The van der Waals surface area contributed by atoms with Crippen molar-refractivity contribution in [2.75, 3.05) is 26.7 Å². The summed E-state index contributed by atoms with van der Waals surface area (Å²) < 4.78 is 0. The number of hydrogen-bond donors (Lipinski definition) is 1. The summed E-state index contributed by atoms with van der Waals surface area (Å²) in [6.45, 7) is 7.05. The van der Waals surface area contributed by atoms with Crippen molar-refractivity contribution in [1.82, 2.24) is 10.2 Å². The Bertz CT molecular complexity index is 767. The number of nitrogens with zero attached hydrogens (tertiary/aromatic N) is 1. The molecule has 1 fully saturated rings. The van der Waals surface area contributed by atoms with E-state index in [4.69, 9.17) is 28.0 Å². The topological polar surface area (TPSA) is 49.4 Å². The molecule has 0 unspecified atom stereocenters. The Hall–Kier alpha value is -1.24. The highest BCUT2D eigenvalue weighted by Gasteiger charge is 2.20. The van der Waals surface area contributed by atoms with Crippen molar-refractivity contribution in [1.29, 1.82) is 0 Å². The molecule has 0 spiro atoms. The summed E-state index contributed by atoms with van der Waals surface area (Å²) in [6, 6.07) is 12.1. The molecular weight excluding hydrogens is 463 g/mol. The molecule has 1 saturated heterocycles. The van der Waals surface area contributed by atoms with Gasteiger partial charge in [-0.2, -0.15) is 0 Å². The van der Waals surface area contributed by atoms with Crippen molar-refractivity contribution in [2.45, 2.75) is 19.9 Å². The Morgan fingerprint density at radius 3 is 2.18 bits per heavy atom. The molecule has 152 valence electrons. The highest BCUT2D eigenvalue weighted by molar-refractivity contribution is 9.17. The largest absolute Gasteiger partial charge is 0.314 e. The van der Waals surface area contributed by atoms with Gasteiger partial charge in [0.1, 0.15) is 6.29 Å². The van der Waals surface area contributed by atoms with E-state index in [0.29, 0.717) is 21.3 Å². The second-order valence-electron chi connectivity index (χ2n) is 6.50. The fourth-order valence-electron chi connectivity index (χ4n) is 2.98. The molecule has 0 aliphatic carbocycles. The Balaban J connectivity index is 0.000000261. The average Bonchev–Trinajstić information content (AvgIpc) is 2.65. The molecule has 0 saturated carbocycles. The van der Waals surface area contributed by atoms with Gasteiger partial charge in [0, 0.05) is 31.2 Å². The van der Waals surface area contributed by atoms with Crippen LogP contribution in [0, 0.1) is 13.8 Å². The van der Waals surface area contributed by atoms with Gasteiger partial charge in [0.2, 0.25) is 0 Å². The van der Waals surface area contributed by atoms with Gasteiger partial charge in [0.15, 0.2) is 5.20 Å². The van der Waals surface area contributed by atoms with Crippen LogP contribution in [0.3, 0.4) is 0 Å². The second kappa shape index (κ2) is 13.1. The predicted octanol–water partition coefficient (Wildman–Crippen LogP) is 5.26. The van der Waals surface area contributed by atoms with Crippen LogP contribution < -0.4 is 5.32 Å². The monoisotopic (exact) mass is 486 g/mol. The minimum absolute atomic E-state index is 0.397. The molecule has 1 heterocycles. The number of benzene rings is 2. The summed E-state index contributed by atoms with van der Waals surface area (Å²) >= 11 is 14.4. The van der Waals surface area contributed by atoms with E-state index in [9.17, 15) is 4.79 Å². The molecule has 2 aromatic rings. The summed E-state index contributed by atoms with van der Waals surface area (Å²) in [5, 5.41) is 5.19. The molecule has 4 nitrogen and oxygen atoms in total. The number of halogens is 3. The van der Waals surface area contributed by atoms with Gasteiger partial charge in [0.25, 0.3) is 0 Å². The molecule has 7 heteroatoms. The minimum atomic E-state index is 0.397. The Kier molecular flexibility index (Phi) is 11.6. The second-order valence-corrected chi connectivity index (χ2v) is 7.69. The number of aldehydes is 1. The van der Waals surface area contributed by atoms with Crippen molar-refractivity contribution in [3.05, 3.63) is 68.7 Å². The van der Waals surface area contributed by atoms with Crippen LogP contribution in [0.5, 0.6) is 0 Å². The number of carbonyl (C=O) groups excluding carboxylic acids is 2. The first kappa shape index (κ1) is 24.8. The van der Waals surface area contributed by atoms with E-state index in [-0.39, 0.29) is 0 Å². The first-order chi connectivity index (χ1) is 13.3. The third-order valence-electron chi connectivity index (χ3n) is 4.22. The standard InChI is InChI=1S/C11H14Cl2N2.C9H10O.CHBrO/c1-15-5-4-14-7-11(15)8-2-3-9(12)10(13)6-8;1-7-3-8(2)5-9(4-7)6-10;2-1-3/h2-3,6,11,14H,4-5,7H2,1H3;3-6H,1-2H3;1H/t11-;;/m0../s1. The van der Waals surface area contributed by atoms with E-state index in [1.807, 2.05) is 50.2 Å². The smallest absolute Gasteiger partial charge is 0.185 e. The van der Waals surface area contributed by atoms with Gasteiger partial charge in [-0.05, 0) is 66.7 Å². The van der Waals surface area contributed by atoms with E-state index in [2.05, 4.69) is 33.2 Å². The fraction of sp³-hybridized carbons (Fsp3) is 0.333. The summed E-state index contributed by atoms with van der Waals surface area (Å²) in [4.78, 5) is 21.4. The molecule has 0 radical (unpaired) electrons. The summed E-state index contributed by atoms with van der Waals surface area (Å²) in [5.41, 5.74) is 4.26. The normalized spacial score (nSPS) is 16.1. The highest BCUT2D eigenvalue weighted by Crippen LogP contribution is 2.28. The van der Waals surface area contributed by atoms with Crippen LogP contribution in [0.2, 0.25) is 10.0 Å². The molecule has 0 aromatic heterocycles. The van der Waals surface area contributed by atoms with Crippen LogP contribution in [0.25, 0.3) is 0 Å². The Morgan fingerprint density at radius 2 is 1.68 bits per heavy atom. The number of carbonyl (C=O) groups is 2. The molecule has 1 atom stereocenters. The van der Waals surface area contributed by atoms with Crippen molar-refractivity contribution in [3.8, 4) is 0 Å². The van der Waals surface area contributed by atoms with Gasteiger partial charge in [-0.1, -0.05) is 46.5 Å². The maximum Gasteiger partial charge on any atom is 0.185 e. The lowest BCUT2D eigenvalue weighted by atomic mass is 10.0. The van der Waals surface area contributed by atoms with Crippen molar-refractivity contribution >= 4 is 50.6 Å². The zero-order valence-corrected chi connectivity index (χ0v) is 19.3. The number of nitrogens with one attached hydrogen (secondary N) is 1. The number of hydrogen-bond acceptors (Lipinski definition) is 4. The molecule has 0 amide bonds. The van der Waals surface area contributed by atoms with E-state index >= 15 is 0 Å².